The Morgan fingerprint density at radius 3 is 2.59 bits per heavy atom. The fourth-order valence-corrected chi connectivity index (χ4v) is 2.61. The average molecular weight is 350 g/mol. The minimum Gasteiger partial charge on any atom is -0.384 e. The maximum Gasteiger partial charge on any atom is 0.252 e. The van der Waals surface area contributed by atoms with Gasteiger partial charge in [-0.1, -0.05) is 0 Å². The van der Waals surface area contributed by atoms with Gasteiger partial charge in [-0.3, -0.25) is 9.78 Å². The molecule has 0 atom stereocenters. The van der Waals surface area contributed by atoms with Crippen molar-refractivity contribution in [3.05, 3.63) is 29.6 Å². The molecule has 1 aliphatic rings. The number of aromatic nitrogens is 1. The van der Waals surface area contributed by atoms with Crippen molar-refractivity contribution >= 4 is 30.7 Å². The van der Waals surface area contributed by atoms with E-state index in [0.717, 1.165) is 31.6 Å². The van der Waals surface area contributed by atoms with E-state index in [1.807, 2.05) is 19.1 Å². The van der Waals surface area contributed by atoms with Gasteiger partial charge in [0.1, 0.15) is 0 Å². The van der Waals surface area contributed by atoms with Gasteiger partial charge in [-0.25, -0.2) is 0 Å². The standard InChI is InChI=1S/C15H23N3O2.2ClH/c1-12-3-4-13(9-17-12)14(19)18-10-15(11-20-2)5-7-16-8-6-15;;/h3-4,9,16H,5-8,10-11H2,1-2H3,(H,18,19);2*1H. The molecule has 5 nitrogen and oxygen atoms in total. The number of carbonyl (C=O) groups excluding carboxylic acids is 1. The largest absolute Gasteiger partial charge is 0.384 e. The summed E-state index contributed by atoms with van der Waals surface area (Å²) < 4.78 is 5.35. The molecule has 2 rings (SSSR count). The smallest absolute Gasteiger partial charge is 0.252 e. The molecule has 0 spiro atoms. The summed E-state index contributed by atoms with van der Waals surface area (Å²) in [7, 11) is 1.72. The topological polar surface area (TPSA) is 63.2 Å². The van der Waals surface area contributed by atoms with Gasteiger partial charge in [-0.15, -0.1) is 24.8 Å². The second-order valence-electron chi connectivity index (χ2n) is 5.55. The molecule has 0 bridgehead atoms. The van der Waals surface area contributed by atoms with Crippen LogP contribution < -0.4 is 10.6 Å². The summed E-state index contributed by atoms with van der Waals surface area (Å²) >= 11 is 0. The number of aryl methyl sites for hydroxylation is 1. The summed E-state index contributed by atoms with van der Waals surface area (Å²) in [6, 6.07) is 3.66. The van der Waals surface area contributed by atoms with E-state index >= 15 is 0 Å². The quantitative estimate of drug-likeness (QED) is 0.853. The second kappa shape index (κ2) is 10.0. The maximum absolute atomic E-state index is 12.1. The Balaban J connectivity index is 0.00000220. The number of pyridine rings is 1. The Labute approximate surface area is 144 Å². The number of amides is 1. The molecule has 1 aromatic heterocycles. The van der Waals surface area contributed by atoms with Crippen molar-refractivity contribution in [2.75, 3.05) is 33.4 Å². The summed E-state index contributed by atoms with van der Waals surface area (Å²) in [5.74, 6) is -0.0634. The third-order valence-corrected chi connectivity index (χ3v) is 3.91. The highest BCUT2D eigenvalue weighted by Crippen LogP contribution is 2.28. The third kappa shape index (κ3) is 5.72. The van der Waals surface area contributed by atoms with E-state index in [9.17, 15) is 4.79 Å². The average Bonchev–Trinajstić information content (AvgIpc) is 2.47. The first-order chi connectivity index (χ1) is 9.65. The summed E-state index contributed by atoms with van der Waals surface area (Å²) in [6.07, 6.45) is 3.66. The van der Waals surface area contributed by atoms with Crippen molar-refractivity contribution in [2.45, 2.75) is 19.8 Å². The fourth-order valence-electron chi connectivity index (χ4n) is 2.61. The monoisotopic (exact) mass is 349 g/mol. The van der Waals surface area contributed by atoms with Crippen LogP contribution in [0.25, 0.3) is 0 Å². The van der Waals surface area contributed by atoms with Crippen LogP contribution in [0.3, 0.4) is 0 Å². The van der Waals surface area contributed by atoms with Crippen LogP contribution in [0.2, 0.25) is 0 Å². The third-order valence-electron chi connectivity index (χ3n) is 3.91. The molecule has 1 saturated heterocycles. The summed E-state index contributed by atoms with van der Waals surface area (Å²) in [5.41, 5.74) is 1.57. The number of carbonyl (C=O) groups is 1. The number of nitrogens with zero attached hydrogens (tertiary/aromatic N) is 1. The minimum atomic E-state index is -0.0634. The summed E-state index contributed by atoms with van der Waals surface area (Å²) in [6.45, 7) is 5.19. The van der Waals surface area contributed by atoms with Crippen LogP contribution in [-0.2, 0) is 4.74 Å². The first kappa shape index (κ1) is 21.1. The van der Waals surface area contributed by atoms with E-state index in [4.69, 9.17) is 4.74 Å². The van der Waals surface area contributed by atoms with Gasteiger partial charge >= 0.3 is 0 Å². The highest BCUT2D eigenvalue weighted by Gasteiger charge is 2.32. The fraction of sp³-hybridized carbons (Fsp3) is 0.600. The number of piperidine rings is 1. The van der Waals surface area contributed by atoms with Crippen LogP contribution in [0.1, 0.15) is 28.9 Å². The van der Waals surface area contributed by atoms with Crippen LogP contribution in [-0.4, -0.2) is 44.2 Å². The van der Waals surface area contributed by atoms with Crippen molar-refractivity contribution in [3.63, 3.8) is 0 Å². The Hall–Kier alpha value is -0.880. The summed E-state index contributed by atoms with van der Waals surface area (Å²) in [5, 5.41) is 6.37. The van der Waals surface area contributed by atoms with Crippen molar-refractivity contribution in [3.8, 4) is 0 Å². The van der Waals surface area contributed by atoms with E-state index < -0.39 is 0 Å². The molecule has 0 radical (unpaired) electrons. The molecule has 0 saturated carbocycles. The molecule has 0 aliphatic carbocycles. The van der Waals surface area contributed by atoms with Gasteiger partial charge in [0.2, 0.25) is 0 Å². The number of halogens is 2. The van der Waals surface area contributed by atoms with Crippen LogP contribution in [0.5, 0.6) is 0 Å². The molecule has 0 unspecified atom stereocenters. The molecule has 22 heavy (non-hydrogen) atoms. The molecule has 1 fully saturated rings. The molecule has 0 aromatic carbocycles. The first-order valence-corrected chi connectivity index (χ1v) is 7.06. The zero-order chi connectivity index (χ0) is 14.4. The zero-order valence-corrected chi connectivity index (χ0v) is 14.7. The lowest BCUT2D eigenvalue weighted by atomic mass is 9.79. The lowest BCUT2D eigenvalue weighted by Gasteiger charge is -2.37. The predicted octanol–water partition coefficient (Wildman–Crippen LogP) is 1.98. The number of methoxy groups -OCH3 is 1. The zero-order valence-electron chi connectivity index (χ0n) is 13.1. The van der Waals surface area contributed by atoms with Crippen molar-refractivity contribution in [1.29, 1.82) is 0 Å². The Kier molecular flexibility index (Phi) is 9.60. The molecule has 1 aromatic rings. The van der Waals surface area contributed by atoms with Crippen molar-refractivity contribution < 1.29 is 9.53 Å². The highest BCUT2D eigenvalue weighted by molar-refractivity contribution is 5.93. The van der Waals surface area contributed by atoms with E-state index in [0.29, 0.717) is 18.7 Å². The maximum atomic E-state index is 12.1. The lowest BCUT2D eigenvalue weighted by Crippen LogP contribution is -2.47. The number of ether oxygens (including phenoxy) is 1. The normalized spacial score (nSPS) is 16.1. The molecule has 7 heteroatoms. The Morgan fingerprint density at radius 1 is 1.36 bits per heavy atom. The van der Waals surface area contributed by atoms with Gasteiger partial charge in [0.05, 0.1) is 12.2 Å². The first-order valence-electron chi connectivity index (χ1n) is 7.06. The van der Waals surface area contributed by atoms with E-state index in [-0.39, 0.29) is 36.1 Å². The number of hydrogen-bond acceptors (Lipinski definition) is 4. The number of nitrogens with one attached hydrogen (secondary N) is 2. The highest BCUT2D eigenvalue weighted by atomic mass is 35.5. The molecule has 2 heterocycles. The van der Waals surface area contributed by atoms with Gasteiger partial charge < -0.3 is 15.4 Å². The van der Waals surface area contributed by atoms with Crippen molar-refractivity contribution in [1.82, 2.24) is 15.6 Å². The van der Waals surface area contributed by atoms with Gasteiger partial charge in [0.25, 0.3) is 5.91 Å². The van der Waals surface area contributed by atoms with Crippen LogP contribution in [0, 0.1) is 12.3 Å². The minimum absolute atomic E-state index is 0. The van der Waals surface area contributed by atoms with Crippen molar-refractivity contribution in [2.24, 2.45) is 5.41 Å². The SMILES string of the molecule is COCC1(CNC(=O)c2ccc(C)nc2)CCNCC1.Cl.Cl. The van der Waals surface area contributed by atoms with Gasteiger partial charge in [0.15, 0.2) is 0 Å². The molecule has 1 aliphatic heterocycles. The number of hydrogen-bond donors (Lipinski definition) is 2. The lowest BCUT2D eigenvalue weighted by molar-refractivity contribution is 0.0511. The number of rotatable bonds is 5. The molecular weight excluding hydrogens is 325 g/mol. The van der Waals surface area contributed by atoms with E-state index in [1.165, 1.54) is 0 Å². The summed E-state index contributed by atoms with van der Waals surface area (Å²) in [4.78, 5) is 16.3. The van der Waals surface area contributed by atoms with Crippen LogP contribution >= 0.6 is 24.8 Å². The molecular formula is C15H25Cl2N3O2. The van der Waals surface area contributed by atoms with Crippen LogP contribution in [0.15, 0.2) is 18.3 Å². The van der Waals surface area contributed by atoms with Gasteiger partial charge in [-0.2, -0.15) is 0 Å². The molecule has 1 amide bonds. The molecule has 126 valence electrons. The molecule has 2 N–H and O–H groups in total. The Bertz CT molecular complexity index is 443. The van der Waals surface area contributed by atoms with Crippen LogP contribution in [0.4, 0.5) is 0 Å². The van der Waals surface area contributed by atoms with E-state index in [2.05, 4.69) is 15.6 Å². The predicted molar refractivity (Wildman–Crippen MR) is 92.2 cm³/mol. The second-order valence-corrected chi connectivity index (χ2v) is 5.55. The Morgan fingerprint density at radius 2 is 2.05 bits per heavy atom. The van der Waals surface area contributed by atoms with Gasteiger partial charge in [0, 0.05) is 31.0 Å². The van der Waals surface area contributed by atoms with E-state index in [1.54, 1.807) is 13.3 Å². The van der Waals surface area contributed by atoms with Gasteiger partial charge in [-0.05, 0) is 45.0 Å².